The number of nitrogens with zero attached hydrogens (tertiary/aromatic N) is 1. The van der Waals surface area contributed by atoms with Crippen molar-refractivity contribution in [3.8, 4) is 0 Å². The monoisotopic (exact) mass is 375 g/mol. The Bertz CT molecular complexity index is 599. The van der Waals surface area contributed by atoms with Crippen LogP contribution in [0.3, 0.4) is 0 Å². The van der Waals surface area contributed by atoms with Gasteiger partial charge in [0.1, 0.15) is 0 Å². The van der Waals surface area contributed by atoms with Crippen LogP contribution in [0.2, 0.25) is 0 Å². The fourth-order valence-electron chi connectivity index (χ4n) is 8.45. The van der Waals surface area contributed by atoms with Gasteiger partial charge in [0, 0.05) is 11.6 Å². The van der Waals surface area contributed by atoms with E-state index in [9.17, 15) is 5.11 Å². The molecule has 4 aliphatic rings. The first-order valence-electron chi connectivity index (χ1n) is 11.6. The van der Waals surface area contributed by atoms with Gasteiger partial charge in [-0.3, -0.25) is 4.99 Å². The second-order valence-electron chi connectivity index (χ2n) is 11.3. The number of hydrogen-bond donors (Lipinski definition) is 2. The molecule has 0 bridgehead atoms. The maximum Gasteiger partial charge on any atom is 0.0626 e. The van der Waals surface area contributed by atoms with Crippen molar-refractivity contribution in [3.63, 3.8) is 0 Å². The molecule has 0 aromatic carbocycles. The number of aliphatic hydroxyl groups excluding tert-OH is 1. The van der Waals surface area contributed by atoms with Crippen molar-refractivity contribution >= 4 is 5.71 Å². The number of rotatable bonds is 3. The van der Waals surface area contributed by atoms with Crippen LogP contribution in [-0.2, 0) is 0 Å². The van der Waals surface area contributed by atoms with Gasteiger partial charge in [0.05, 0.1) is 18.8 Å². The van der Waals surface area contributed by atoms with E-state index >= 15 is 0 Å². The van der Waals surface area contributed by atoms with E-state index in [1.807, 2.05) is 0 Å². The van der Waals surface area contributed by atoms with Gasteiger partial charge in [0.25, 0.3) is 0 Å². The molecular formula is C24H41NO2. The van der Waals surface area contributed by atoms with Crippen LogP contribution in [0, 0.1) is 40.4 Å². The summed E-state index contributed by atoms with van der Waals surface area (Å²) in [6.45, 7) is 10.1. The van der Waals surface area contributed by atoms with Gasteiger partial charge < -0.3 is 10.2 Å². The minimum atomic E-state index is -0.432. The van der Waals surface area contributed by atoms with Crippen LogP contribution >= 0.6 is 0 Å². The highest BCUT2D eigenvalue weighted by atomic mass is 16.3. The first kappa shape index (κ1) is 19.9. The van der Waals surface area contributed by atoms with Crippen LogP contribution < -0.4 is 0 Å². The molecule has 8 atom stereocenters. The molecule has 4 saturated carbocycles. The molecular weight excluding hydrogens is 334 g/mol. The molecule has 0 radical (unpaired) electrons. The molecule has 0 aromatic heterocycles. The summed E-state index contributed by atoms with van der Waals surface area (Å²) in [6.07, 6.45) is 11.3. The summed E-state index contributed by atoms with van der Waals surface area (Å²) in [7, 11) is 0. The largest absolute Gasteiger partial charge is 0.394 e. The molecule has 3 nitrogen and oxygen atoms in total. The minimum absolute atomic E-state index is 0.165. The summed E-state index contributed by atoms with van der Waals surface area (Å²) in [5.41, 5.74) is 1.72. The molecule has 4 rings (SSSR count). The summed E-state index contributed by atoms with van der Waals surface area (Å²) in [6, 6.07) is 0. The molecule has 0 saturated heterocycles. The van der Waals surface area contributed by atoms with Gasteiger partial charge in [-0.15, -0.1) is 0 Å². The van der Waals surface area contributed by atoms with Gasteiger partial charge in [0.2, 0.25) is 0 Å². The zero-order chi connectivity index (χ0) is 19.4. The highest BCUT2D eigenvalue weighted by Crippen LogP contribution is 2.68. The van der Waals surface area contributed by atoms with Crippen LogP contribution in [0.1, 0.15) is 85.5 Å². The van der Waals surface area contributed by atoms with Crippen molar-refractivity contribution in [1.82, 2.24) is 0 Å². The van der Waals surface area contributed by atoms with E-state index in [0.717, 1.165) is 36.5 Å². The van der Waals surface area contributed by atoms with E-state index in [1.165, 1.54) is 50.7 Å². The van der Waals surface area contributed by atoms with Crippen molar-refractivity contribution < 1.29 is 10.2 Å². The molecule has 0 aromatic rings. The van der Waals surface area contributed by atoms with Gasteiger partial charge in [0.15, 0.2) is 0 Å². The summed E-state index contributed by atoms with van der Waals surface area (Å²) in [5, 5.41) is 19.8. The van der Waals surface area contributed by atoms with E-state index < -0.39 is 5.60 Å². The van der Waals surface area contributed by atoms with Crippen molar-refractivity contribution in [3.05, 3.63) is 0 Å². The maximum absolute atomic E-state index is 10.7. The van der Waals surface area contributed by atoms with E-state index in [4.69, 9.17) is 10.1 Å². The van der Waals surface area contributed by atoms with Gasteiger partial charge in [-0.05, 0) is 106 Å². The van der Waals surface area contributed by atoms with Gasteiger partial charge >= 0.3 is 0 Å². The molecule has 0 heterocycles. The van der Waals surface area contributed by atoms with E-state index in [0.29, 0.717) is 23.3 Å². The van der Waals surface area contributed by atoms with Crippen molar-refractivity contribution in [1.29, 1.82) is 0 Å². The Labute approximate surface area is 166 Å². The van der Waals surface area contributed by atoms with E-state index in [2.05, 4.69) is 27.7 Å². The SMILES string of the molecule is CC(=NCCO)[C@H]1CCC2C3CC[C@H]4C[C@](C)(O)CC[C@]4(C)C3CC[C@@]21C. The molecule has 4 aliphatic carbocycles. The van der Waals surface area contributed by atoms with Gasteiger partial charge in [-0.2, -0.15) is 0 Å². The average molecular weight is 376 g/mol. The number of fused-ring (bicyclic) bond motifs is 5. The average Bonchev–Trinajstić information content (AvgIpc) is 2.97. The lowest BCUT2D eigenvalue weighted by atomic mass is 9.44. The fourth-order valence-corrected chi connectivity index (χ4v) is 8.45. The first-order valence-corrected chi connectivity index (χ1v) is 11.6. The molecule has 2 N–H and O–H groups in total. The summed E-state index contributed by atoms with van der Waals surface area (Å²) in [4.78, 5) is 4.70. The standard InChI is InChI=1S/C24H41NO2/c1-16(25-13-14-26)19-7-8-20-18-6-5-17-15-22(2,27)11-12-23(17,3)21(18)9-10-24(19,20)4/h17-21,26-27H,5-15H2,1-4H3/t17-,18?,19+,20?,21?,22+,23-,24+/m0/s1. The Hall–Kier alpha value is -0.410. The number of aliphatic hydroxyl groups is 2. The Morgan fingerprint density at radius 3 is 2.41 bits per heavy atom. The Morgan fingerprint density at radius 1 is 0.926 bits per heavy atom. The zero-order valence-electron chi connectivity index (χ0n) is 18.0. The third-order valence-corrected chi connectivity index (χ3v) is 9.92. The molecule has 27 heavy (non-hydrogen) atoms. The molecule has 4 fully saturated rings. The molecule has 0 aliphatic heterocycles. The van der Waals surface area contributed by atoms with Crippen molar-refractivity contribution in [2.45, 2.75) is 91.1 Å². The zero-order valence-corrected chi connectivity index (χ0v) is 18.0. The van der Waals surface area contributed by atoms with Crippen LogP contribution in [0.4, 0.5) is 0 Å². The second-order valence-corrected chi connectivity index (χ2v) is 11.3. The second kappa shape index (κ2) is 6.83. The third-order valence-electron chi connectivity index (χ3n) is 9.92. The smallest absolute Gasteiger partial charge is 0.0626 e. The Morgan fingerprint density at radius 2 is 1.67 bits per heavy atom. The summed E-state index contributed by atoms with van der Waals surface area (Å²) >= 11 is 0. The lowest BCUT2D eigenvalue weighted by Crippen LogP contribution is -2.55. The fraction of sp³-hybridized carbons (Fsp3) is 0.958. The predicted octanol–water partition coefficient (Wildman–Crippen LogP) is 4.85. The lowest BCUT2D eigenvalue weighted by Gasteiger charge is -2.62. The van der Waals surface area contributed by atoms with Crippen LogP contribution in [-0.4, -0.2) is 34.7 Å². The lowest BCUT2D eigenvalue weighted by molar-refractivity contribution is -0.144. The highest BCUT2D eigenvalue weighted by Gasteiger charge is 2.61. The molecule has 0 amide bonds. The number of hydrogen-bond acceptors (Lipinski definition) is 3. The van der Waals surface area contributed by atoms with Gasteiger partial charge in [-0.25, -0.2) is 0 Å². The molecule has 3 heteroatoms. The maximum atomic E-state index is 10.7. The summed E-state index contributed by atoms with van der Waals surface area (Å²) < 4.78 is 0. The van der Waals surface area contributed by atoms with Crippen LogP contribution in [0.5, 0.6) is 0 Å². The van der Waals surface area contributed by atoms with E-state index in [-0.39, 0.29) is 6.61 Å². The normalized spacial score (nSPS) is 52.8. The van der Waals surface area contributed by atoms with Crippen LogP contribution in [0.15, 0.2) is 4.99 Å². The minimum Gasteiger partial charge on any atom is -0.394 e. The van der Waals surface area contributed by atoms with Crippen molar-refractivity contribution in [2.24, 2.45) is 45.4 Å². The van der Waals surface area contributed by atoms with Crippen molar-refractivity contribution in [2.75, 3.05) is 13.2 Å². The molecule has 0 spiro atoms. The summed E-state index contributed by atoms with van der Waals surface area (Å²) in [5.74, 6) is 3.92. The van der Waals surface area contributed by atoms with Gasteiger partial charge in [-0.1, -0.05) is 13.8 Å². The number of aliphatic imine (C=N–C) groups is 1. The molecule has 3 unspecified atom stereocenters. The Balaban J connectivity index is 1.56. The topological polar surface area (TPSA) is 52.8 Å². The van der Waals surface area contributed by atoms with Crippen LogP contribution in [0.25, 0.3) is 0 Å². The van der Waals surface area contributed by atoms with E-state index in [1.54, 1.807) is 0 Å². The Kier molecular flexibility index (Phi) is 5.03. The first-order chi connectivity index (χ1) is 12.7. The third kappa shape index (κ3) is 3.12. The molecule has 154 valence electrons. The highest BCUT2D eigenvalue weighted by molar-refractivity contribution is 5.85. The quantitative estimate of drug-likeness (QED) is 0.693. The predicted molar refractivity (Wildman–Crippen MR) is 111 cm³/mol.